The zero-order valence-electron chi connectivity index (χ0n) is 21.2. The molecule has 3 aliphatic heterocycles. The van der Waals surface area contributed by atoms with Crippen molar-refractivity contribution < 1.29 is 19.0 Å². The molecule has 0 atom stereocenters. The van der Waals surface area contributed by atoms with Crippen molar-refractivity contribution >= 4 is 23.8 Å². The molecule has 10 nitrogen and oxygen atoms in total. The molecule has 0 spiro atoms. The molecule has 4 rings (SSSR count). The minimum atomic E-state index is -0.353. The second-order valence-electron chi connectivity index (χ2n) is 10.6. The Kier molecular flexibility index (Phi) is 7.00. The molecule has 188 valence electrons. The van der Waals surface area contributed by atoms with Crippen LogP contribution in [0.15, 0.2) is 12.2 Å². The van der Waals surface area contributed by atoms with Gasteiger partial charge in [0.15, 0.2) is 0 Å². The Morgan fingerprint density at radius 3 is 1.68 bits per heavy atom. The van der Waals surface area contributed by atoms with E-state index in [0.29, 0.717) is 62.7 Å². The van der Waals surface area contributed by atoms with Crippen LogP contribution in [0.4, 0.5) is 17.8 Å². The Morgan fingerprint density at radius 2 is 1.26 bits per heavy atom. The number of ether oxygens (including phenoxy) is 3. The summed E-state index contributed by atoms with van der Waals surface area (Å²) in [6.45, 7) is 19.6. The van der Waals surface area contributed by atoms with Crippen molar-refractivity contribution in [1.29, 1.82) is 0 Å². The lowest BCUT2D eigenvalue weighted by atomic mass is 9.78. The SMILES string of the molecule is C=C(C)C(=O)OC1CC(C)(C)N(c2nc(N3CCOCC3)nc(N3CCOCC3)n2)C(C)(C)C1. The van der Waals surface area contributed by atoms with Gasteiger partial charge < -0.3 is 28.9 Å². The highest BCUT2D eigenvalue weighted by Gasteiger charge is 2.48. The van der Waals surface area contributed by atoms with Crippen LogP contribution in [0.2, 0.25) is 0 Å². The summed E-state index contributed by atoms with van der Waals surface area (Å²) in [5.41, 5.74) is -0.290. The number of carbonyl (C=O) groups is 1. The molecule has 4 heterocycles. The molecular formula is C24H38N6O4. The quantitative estimate of drug-likeness (QED) is 0.467. The maximum Gasteiger partial charge on any atom is 0.333 e. The summed E-state index contributed by atoms with van der Waals surface area (Å²) in [7, 11) is 0. The maximum absolute atomic E-state index is 12.2. The molecule has 3 aliphatic rings. The molecule has 0 aromatic carbocycles. The molecule has 0 N–H and O–H groups in total. The van der Waals surface area contributed by atoms with Crippen molar-refractivity contribution in [3.8, 4) is 0 Å². The molecule has 34 heavy (non-hydrogen) atoms. The van der Waals surface area contributed by atoms with E-state index in [4.69, 9.17) is 29.2 Å². The summed E-state index contributed by atoms with van der Waals surface area (Å²) < 4.78 is 16.9. The van der Waals surface area contributed by atoms with Gasteiger partial charge in [0.1, 0.15) is 6.10 Å². The minimum Gasteiger partial charge on any atom is -0.459 e. The van der Waals surface area contributed by atoms with Crippen LogP contribution in [0.1, 0.15) is 47.5 Å². The fourth-order valence-electron chi connectivity index (χ4n) is 5.32. The van der Waals surface area contributed by atoms with Crippen LogP contribution in [0, 0.1) is 0 Å². The first-order valence-corrected chi connectivity index (χ1v) is 12.2. The van der Waals surface area contributed by atoms with Crippen molar-refractivity contribution in [2.45, 2.75) is 64.6 Å². The van der Waals surface area contributed by atoms with Crippen LogP contribution in [0.25, 0.3) is 0 Å². The average Bonchev–Trinajstić information content (AvgIpc) is 2.78. The standard InChI is InChI=1S/C24H38N6O4/c1-17(2)19(31)34-18-15-23(3,4)30(24(5,6)16-18)22-26-20(28-7-11-32-12-8-28)25-21(27-22)29-9-13-33-14-10-29/h18H,1,7-16H2,2-6H3. The molecule has 0 bridgehead atoms. The molecule has 1 aromatic heterocycles. The van der Waals surface area contributed by atoms with Gasteiger partial charge in [0.25, 0.3) is 0 Å². The zero-order chi connectivity index (χ0) is 24.5. The second kappa shape index (κ2) is 9.65. The van der Waals surface area contributed by atoms with Crippen molar-refractivity contribution in [2.24, 2.45) is 0 Å². The predicted octanol–water partition coefficient (Wildman–Crippen LogP) is 2.19. The van der Waals surface area contributed by atoms with Gasteiger partial charge in [-0.25, -0.2) is 4.79 Å². The van der Waals surface area contributed by atoms with Crippen molar-refractivity contribution in [2.75, 3.05) is 67.3 Å². The van der Waals surface area contributed by atoms with Crippen LogP contribution in [0.3, 0.4) is 0 Å². The van der Waals surface area contributed by atoms with Gasteiger partial charge in [0, 0.05) is 55.7 Å². The van der Waals surface area contributed by atoms with Crippen LogP contribution < -0.4 is 14.7 Å². The summed E-state index contributed by atoms with van der Waals surface area (Å²) in [4.78, 5) is 33.6. The van der Waals surface area contributed by atoms with E-state index < -0.39 is 0 Å². The first-order valence-electron chi connectivity index (χ1n) is 12.2. The van der Waals surface area contributed by atoms with Crippen molar-refractivity contribution in [1.82, 2.24) is 15.0 Å². The lowest BCUT2D eigenvalue weighted by molar-refractivity contribution is -0.147. The van der Waals surface area contributed by atoms with E-state index in [-0.39, 0.29) is 23.2 Å². The predicted molar refractivity (Wildman–Crippen MR) is 130 cm³/mol. The number of esters is 1. The van der Waals surface area contributed by atoms with E-state index in [1.54, 1.807) is 6.92 Å². The largest absolute Gasteiger partial charge is 0.459 e. The molecule has 0 radical (unpaired) electrons. The summed E-state index contributed by atoms with van der Waals surface area (Å²) >= 11 is 0. The summed E-state index contributed by atoms with van der Waals surface area (Å²) in [6, 6.07) is 0. The van der Waals surface area contributed by atoms with E-state index in [2.05, 4.69) is 49.0 Å². The summed E-state index contributed by atoms with van der Waals surface area (Å²) in [6.07, 6.45) is 1.13. The van der Waals surface area contributed by atoms with Crippen molar-refractivity contribution in [3.05, 3.63) is 12.2 Å². The number of hydrogen-bond acceptors (Lipinski definition) is 10. The third kappa shape index (κ3) is 5.27. The van der Waals surface area contributed by atoms with E-state index in [9.17, 15) is 4.79 Å². The zero-order valence-corrected chi connectivity index (χ0v) is 21.2. The normalized spacial score (nSPS) is 23.0. The van der Waals surface area contributed by atoms with Crippen LogP contribution >= 0.6 is 0 Å². The van der Waals surface area contributed by atoms with Gasteiger partial charge in [-0.2, -0.15) is 15.0 Å². The number of nitrogens with zero attached hydrogens (tertiary/aromatic N) is 6. The Hall–Kier alpha value is -2.46. The van der Waals surface area contributed by atoms with Gasteiger partial charge in [0.05, 0.1) is 26.4 Å². The first kappa shape index (κ1) is 24.7. The van der Waals surface area contributed by atoms with E-state index >= 15 is 0 Å². The Morgan fingerprint density at radius 1 is 0.853 bits per heavy atom. The number of carbonyl (C=O) groups excluding carboxylic acids is 1. The van der Waals surface area contributed by atoms with Gasteiger partial charge in [-0.1, -0.05) is 6.58 Å². The highest BCUT2D eigenvalue weighted by atomic mass is 16.5. The highest BCUT2D eigenvalue weighted by molar-refractivity contribution is 5.87. The molecule has 3 saturated heterocycles. The second-order valence-corrected chi connectivity index (χ2v) is 10.6. The lowest BCUT2D eigenvalue weighted by Crippen LogP contribution is -2.63. The number of piperidine rings is 1. The molecule has 0 unspecified atom stereocenters. The Balaban J connectivity index is 1.69. The molecule has 10 heteroatoms. The van der Waals surface area contributed by atoms with Crippen LogP contribution in [-0.2, 0) is 19.0 Å². The van der Waals surface area contributed by atoms with Crippen LogP contribution in [-0.4, -0.2) is 90.7 Å². The highest BCUT2D eigenvalue weighted by Crippen LogP contribution is 2.42. The third-order valence-corrected chi connectivity index (χ3v) is 6.68. The number of rotatable bonds is 5. The van der Waals surface area contributed by atoms with Crippen molar-refractivity contribution in [3.63, 3.8) is 0 Å². The third-order valence-electron chi connectivity index (χ3n) is 6.68. The number of aromatic nitrogens is 3. The van der Waals surface area contributed by atoms with Crippen LogP contribution in [0.5, 0.6) is 0 Å². The smallest absolute Gasteiger partial charge is 0.333 e. The van der Waals surface area contributed by atoms with E-state index in [1.807, 2.05) is 0 Å². The number of hydrogen-bond donors (Lipinski definition) is 0. The fraction of sp³-hybridized carbons (Fsp3) is 0.750. The molecule has 0 amide bonds. The van der Waals surface area contributed by atoms with Gasteiger partial charge in [0.2, 0.25) is 17.8 Å². The minimum absolute atomic E-state index is 0.204. The van der Waals surface area contributed by atoms with E-state index in [1.165, 1.54) is 0 Å². The fourth-order valence-corrected chi connectivity index (χ4v) is 5.32. The lowest BCUT2D eigenvalue weighted by Gasteiger charge is -2.54. The van der Waals surface area contributed by atoms with Gasteiger partial charge in [-0.05, 0) is 34.6 Å². The Labute approximate surface area is 202 Å². The molecule has 3 fully saturated rings. The molecule has 0 aliphatic carbocycles. The monoisotopic (exact) mass is 474 g/mol. The van der Waals surface area contributed by atoms with Gasteiger partial charge in [-0.15, -0.1) is 0 Å². The topological polar surface area (TPSA) is 93.2 Å². The number of morpholine rings is 2. The first-order chi connectivity index (χ1) is 16.1. The molecule has 1 aromatic rings. The molecular weight excluding hydrogens is 436 g/mol. The average molecular weight is 475 g/mol. The van der Waals surface area contributed by atoms with E-state index in [0.717, 1.165) is 26.2 Å². The maximum atomic E-state index is 12.2. The van der Waals surface area contributed by atoms with Gasteiger partial charge >= 0.3 is 5.97 Å². The Bertz CT molecular complexity index is 854. The number of anilines is 3. The van der Waals surface area contributed by atoms with Gasteiger partial charge in [-0.3, -0.25) is 0 Å². The summed E-state index contributed by atoms with van der Waals surface area (Å²) in [5.74, 6) is 1.67. The molecule has 0 saturated carbocycles. The summed E-state index contributed by atoms with van der Waals surface area (Å²) in [5, 5.41) is 0.